The fourth-order valence-corrected chi connectivity index (χ4v) is 1.66. The highest BCUT2D eigenvalue weighted by Crippen LogP contribution is 2.15. The van der Waals surface area contributed by atoms with Gasteiger partial charge in [0, 0.05) is 6.20 Å². The van der Waals surface area contributed by atoms with E-state index in [0.29, 0.717) is 11.1 Å². The second-order valence-electron chi connectivity index (χ2n) is 3.43. The van der Waals surface area contributed by atoms with Gasteiger partial charge in [0.15, 0.2) is 5.78 Å². The van der Waals surface area contributed by atoms with Gasteiger partial charge in [-0.1, -0.05) is 6.07 Å². The Morgan fingerprint density at radius 1 is 1.31 bits per heavy atom. The Labute approximate surface area is 91.1 Å². The summed E-state index contributed by atoms with van der Waals surface area (Å²) in [7, 11) is 0. The van der Waals surface area contributed by atoms with E-state index in [-0.39, 0.29) is 5.78 Å². The Kier molecular flexibility index (Phi) is 1.86. The van der Waals surface area contributed by atoms with Crippen LogP contribution in [-0.4, -0.2) is 15.4 Å². The van der Waals surface area contributed by atoms with E-state index in [4.69, 9.17) is 4.42 Å². The van der Waals surface area contributed by atoms with Crippen LogP contribution in [0.1, 0.15) is 15.9 Å². The first-order chi connectivity index (χ1) is 7.86. The van der Waals surface area contributed by atoms with Crippen molar-refractivity contribution < 1.29 is 9.21 Å². The maximum absolute atomic E-state index is 12.1. The van der Waals surface area contributed by atoms with Crippen molar-refractivity contribution in [2.24, 2.45) is 0 Å². The van der Waals surface area contributed by atoms with E-state index >= 15 is 0 Å². The fraction of sp³-hybridized carbons (Fsp3) is 0. The van der Waals surface area contributed by atoms with Gasteiger partial charge < -0.3 is 4.42 Å². The van der Waals surface area contributed by atoms with Crippen LogP contribution >= 0.6 is 0 Å². The molecule has 4 nitrogen and oxygen atoms in total. The van der Waals surface area contributed by atoms with Gasteiger partial charge in [-0.05, 0) is 18.2 Å². The van der Waals surface area contributed by atoms with Gasteiger partial charge in [0.25, 0.3) is 0 Å². The van der Waals surface area contributed by atoms with Gasteiger partial charge in [0.2, 0.25) is 0 Å². The largest absolute Gasteiger partial charge is 0.472 e. The minimum atomic E-state index is -0.0741. The molecule has 0 aliphatic heterocycles. The quantitative estimate of drug-likeness (QED) is 0.611. The standard InChI is InChI=1S/C12H8N2O2/c15-12(9-4-6-16-8-9)10-7-13-14-5-2-1-3-11(10)14/h1-8H. The maximum atomic E-state index is 12.1. The van der Waals surface area contributed by atoms with Gasteiger partial charge in [-0.25, -0.2) is 4.52 Å². The Hall–Kier alpha value is -2.36. The minimum absolute atomic E-state index is 0.0741. The van der Waals surface area contributed by atoms with Crippen LogP contribution in [0.25, 0.3) is 5.52 Å². The minimum Gasteiger partial charge on any atom is -0.472 e. The Balaban J connectivity index is 2.16. The summed E-state index contributed by atoms with van der Waals surface area (Å²) in [5.41, 5.74) is 1.93. The summed E-state index contributed by atoms with van der Waals surface area (Å²) in [6.07, 6.45) is 6.31. The molecule has 4 heteroatoms. The molecular weight excluding hydrogens is 204 g/mol. The van der Waals surface area contributed by atoms with E-state index in [0.717, 1.165) is 5.52 Å². The molecule has 0 radical (unpaired) electrons. The molecule has 0 aromatic carbocycles. The summed E-state index contributed by atoms with van der Waals surface area (Å²) < 4.78 is 6.57. The van der Waals surface area contributed by atoms with Crippen LogP contribution in [0.2, 0.25) is 0 Å². The third kappa shape index (κ3) is 1.24. The summed E-state index contributed by atoms with van der Waals surface area (Å²) in [6.45, 7) is 0. The summed E-state index contributed by atoms with van der Waals surface area (Å²) in [5, 5.41) is 4.11. The van der Waals surface area contributed by atoms with Crippen LogP contribution in [0.15, 0.2) is 53.6 Å². The number of rotatable bonds is 2. The van der Waals surface area contributed by atoms with E-state index in [1.807, 2.05) is 24.4 Å². The van der Waals surface area contributed by atoms with Crippen LogP contribution in [0.3, 0.4) is 0 Å². The molecule has 0 unspecified atom stereocenters. The average molecular weight is 212 g/mol. The van der Waals surface area contributed by atoms with Crippen molar-refractivity contribution in [2.45, 2.75) is 0 Å². The van der Waals surface area contributed by atoms with Gasteiger partial charge in [0.05, 0.1) is 29.1 Å². The van der Waals surface area contributed by atoms with E-state index in [1.54, 1.807) is 16.8 Å². The molecule has 0 N–H and O–H groups in total. The van der Waals surface area contributed by atoms with E-state index < -0.39 is 0 Å². The summed E-state index contributed by atoms with van der Waals surface area (Å²) in [6, 6.07) is 7.25. The third-order valence-electron chi connectivity index (χ3n) is 2.45. The van der Waals surface area contributed by atoms with Gasteiger partial charge in [0.1, 0.15) is 6.26 Å². The van der Waals surface area contributed by atoms with E-state index in [2.05, 4.69) is 5.10 Å². The van der Waals surface area contributed by atoms with Crippen molar-refractivity contribution in [1.82, 2.24) is 9.61 Å². The first kappa shape index (κ1) is 8.91. The van der Waals surface area contributed by atoms with Crippen molar-refractivity contribution in [3.63, 3.8) is 0 Å². The topological polar surface area (TPSA) is 47.5 Å². The number of furan rings is 1. The second kappa shape index (κ2) is 3.34. The van der Waals surface area contributed by atoms with Crippen LogP contribution in [0.5, 0.6) is 0 Å². The lowest BCUT2D eigenvalue weighted by Crippen LogP contribution is -1.98. The molecule has 0 atom stereocenters. The molecule has 3 heterocycles. The van der Waals surface area contributed by atoms with E-state index in [9.17, 15) is 4.79 Å². The van der Waals surface area contributed by atoms with Crippen molar-refractivity contribution in [2.75, 3.05) is 0 Å². The number of nitrogens with zero attached hydrogens (tertiary/aromatic N) is 2. The molecule has 0 aliphatic carbocycles. The zero-order chi connectivity index (χ0) is 11.0. The molecule has 0 amide bonds. The zero-order valence-corrected chi connectivity index (χ0v) is 8.33. The van der Waals surface area contributed by atoms with E-state index in [1.165, 1.54) is 12.5 Å². The lowest BCUT2D eigenvalue weighted by atomic mass is 10.1. The summed E-state index contributed by atoms with van der Waals surface area (Å²) >= 11 is 0. The smallest absolute Gasteiger partial charge is 0.200 e. The first-order valence-corrected chi connectivity index (χ1v) is 4.85. The highest BCUT2D eigenvalue weighted by Gasteiger charge is 2.14. The molecule has 3 aromatic rings. The second-order valence-corrected chi connectivity index (χ2v) is 3.43. The van der Waals surface area contributed by atoms with Gasteiger partial charge in [-0.2, -0.15) is 5.10 Å². The van der Waals surface area contributed by atoms with Crippen molar-refractivity contribution in [3.05, 3.63) is 60.3 Å². The van der Waals surface area contributed by atoms with Gasteiger partial charge in [-0.15, -0.1) is 0 Å². The molecule has 0 spiro atoms. The van der Waals surface area contributed by atoms with Crippen molar-refractivity contribution in [1.29, 1.82) is 0 Å². The summed E-state index contributed by atoms with van der Waals surface area (Å²) in [4.78, 5) is 12.1. The maximum Gasteiger partial charge on any atom is 0.200 e. The number of aromatic nitrogens is 2. The molecule has 3 rings (SSSR count). The Morgan fingerprint density at radius 3 is 3.06 bits per heavy atom. The van der Waals surface area contributed by atoms with Crippen LogP contribution in [0, 0.1) is 0 Å². The zero-order valence-electron chi connectivity index (χ0n) is 8.33. The molecule has 3 aromatic heterocycles. The lowest BCUT2D eigenvalue weighted by molar-refractivity contribution is 0.103. The highest BCUT2D eigenvalue weighted by atomic mass is 16.3. The average Bonchev–Trinajstić information content (AvgIpc) is 2.98. The normalized spacial score (nSPS) is 10.8. The molecule has 78 valence electrons. The van der Waals surface area contributed by atoms with Gasteiger partial charge in [-0.3, -0.25) is 4.79 Å². The molecular formula is C12H8N2O2. The number of hydrogen-bond acceptors (Lipinski definition) is 3. The number of carbonyl (C=O) groups is 1. The van der Waals surface area contributed by atoms with Crippen LogP contribution in [-0.2, 0) is 0 Å². The lowest BCUT2D eigenvalue weighted by Gasteiger charge is -1.95. The van der Waals surface area contributed by atoms with Crippen molar-refractivity contribution in [3.8, 4) is 0 Å². The predicted octanol–water partition coefficient (Wildman–Crippen LogP) is 2.16. The number of pyridine rings is 1. The molecule has 0 saturated carbocycles. The molecule has 16 heavy (non-hydrogen) atoms. The number of carbonyl (C=O) groups excluding carboxylic acids is 1. The highest BCUT2D eigenvalue weighted by molar-refractivity contribution is 6.12. The summed E-state index contributed by atoms with van der Waals surface area (Å²) in [5.74, 6) is -0.0741. The molecule has 0 fully saturated rings. The monoisotopic (exact) mass is 212 g/mol. The molecule has 0 bridgehead atoms. The molecule has 0 aliphatic rings. The number of fused-ring (bicyclic) bond motifs is 1. The molecule has 0 saturated heterocycles. The first-order valence-electron chi connectivity index (χ1n) is 4.85. The number of ketones is 1. The Morgan fingerprint density at radius 2 is 2.25 bits per heavy atom. The van der Waals surface area contributed by atoms with Crippen molar-refractivity contribution >= 4 is 11.3 Å². The SMILES string of the molecule is O=C(c1ccoc1)c1cnn2ccccc12. The van der Waals surface area contributed by atoms with Crippen LogP contribution in [0.4, 0.5) is 0 Å². The number of hydrogen-bond donors (Lipinski definition) is 0. The fourth-order valence-electron chi connectivity index (χ4n) is 1.66. The third-order valence-corrected chi connectivity index (χ3v) is 2.45. The van der Waals surface area contributed by atoms with Gasteiger partial charge >= 0.3 is 0 Å². The predicted molar refractivity (Wildman–Crippen MR) is 57.3 cm³/mol. The van der Waals surface area contributed by atoms with Crippen LogP contribution < -0.4 is 0 Å². The Bertz CT molecular complexity index is 638.